The van der Waals surface area contributed by atoms with E-state index < -0.39 is 15.4 Å². The second kappa shape index (κ2) is 7.66. The van der Waals surface area contributed by atoms with Crippen molar-refractivity contribution in [3.8, 4) is 0 Å². The van der Waals surface area contributed by atoms with Gasteiger partial charge >= 0.3 is 0 Å². The largest absolute Gasteiger partial charge is 0.399 e. The van der Waals surface area contributed by atoms with Crippen LogP contribution in [0.5, 0.6) is 0 Å². The van der Waals surface area contributed by atoms with Crippen LogP contribution in [0, 0.1) is 0 Å². The molecule has 1 rings (SSSR count). The third-order valence-electron chi connectivity index (χ3n) is 2.92. The Morgan fingerprint density at radius 2 is 1.76 bits per heavy atom. The first-order chi connectivity index (χ1) is 9.07. The summed E-state index contributed by atoms with van der Waals surface area (Å²) in [6, 6.07) is 7.10. The fourth-order valence-electron chi connectivity index (χ4n) is 1.75. The molecule has 0 radical (unpaired) electrons. The van der Waals surface area contributed by atoms with Crippen molar-refractivity contribution in [1.29, 1.82) is 0 Å². The number of hydrogen-bond donors (Lipinski definition) is 2. The van der Waals surface area contributed by atoms with E-state index in [1.54, 1.807) is 24.3 Å². The lowest BCUT2D eigenvalue weighted by Gasteiger charge is -2.26. The summed E-state index contributed by atoms with van der Waals surface area (Å²) in [5.41, 5.74) is 6.56. The number of nitrogen functional groups attached to an aromatic ring is 1. The van der Waals surface area contributed by atoms with E-state index in [-0.39, 0.29) is 30.5 Å². The second-order valence-electron chi connectivity index (χ2n) is 5.73. The molecule has 0 atom stereocenters. The van der Waals surface area contributed by atoms with E-state index in [4.69, 9.17) is 5.73 Å². The van der Waals surface area contributed by atoms with Crippen molar-refractivity contribution < 1.29 is 13.2 Å². The van der Waals surface area contributed by atoms with Gasteiger partial charge in [-0.25, -0.2) is 8.42 Å². The van der Waals surface area contributed by atoms with E-state index in [0.717, 1.165) is 5.56 Å². The molecule has 1 aromatic rings. The van der Waals surface area contributed by atoms with Gasteiger partial charge < -0.3 is 11.1 Å². The molecule has 21 heavy (non-hydrogen) atoms. The van der Waals surface area contributed by atoms with Gasteiger partial charge in [0.25, 0.3) is 0 Å². The molecule has 5 nitrogen and oxygen atoms in total. The Hall–Kier alpha value is -1.27. The summed E-state index contributed by atoms with van der Waals surface area (Å²) in [6.07, 6.45) is 1.83. The van der Waals surface area contributed by atoms with Crippen LogP contribution in [0.3, 0.4) is 0 Å². The number of benzene rings is 1. The molecule has 0 saturated heterocycles. The molecule has 1 aromatic carbocycles. The van der Waals surface area contributed by atoms with Crippen molar-refractivity contribution in [3.63, 3.8) is 0 Å². The lowest BCUT2D eigenvalue weighted by molar-refractivity contribution is -0.122. The van der Waals surface area contributed by atoms with E-state index in [1.165, 1.54) is 6.26 Å². The zero-order valence-corrected chi connectivity index (χ0v) is 14.2. The minimum Gasteiger partial charge on any atom is -0.399 e. The molecule has 0 fully saturated rings. The van der Waals surface area contributed by atoms with Crippen LogP contribution in [-0.4, -0.2) is 31.9 Å². The molecule has 120 valence electrons. The maximum absolute atomic E-state index is 11.9. The fourth-order valence-corrected chi connectivity index (χ4v) is 2.63. The van der Waals surface area contributed by atoms with Gasteiger partial charge in [-0.15, -0.1) is 12.4 Å². The number of carbonyl (C=O) groups excluding carboxylic acids is 1. The van der Waals surface area contributed by atoms with Gasteiger partial charge in [-0.1, -0.05) is 12.1 Å². The predicted octanol–water partition coefficient (Wildman–Crippen LogP) is 1.56. The van der Waals surface area contributed by atoms with Crippen molar-refractivity contribution in [2.24, 2.45) is 0 Å². The van der Waals surface area contributed by atoms with Crippen molar-refractivity contribution in [1.82, 2.24) is 5.32 Å². The highest BCUT2D eigenvalue weighted by Gasteiger charge is 2.22. The smallest absolute Gasteiger partial charge is 0.224 e. The van der Waals surface area contributed by atoms with Gasteiger partial charge in [0.05, 0.1) is 12.2 Å². The summed E-state index contributed by atoms with van der Waals surface area (Å²) in [4.78, 5) is 11.9. The molecular formula is C14H23ClN2O3S. The second-order valence-corrected chi connectivity index (χ2v) is 7.99. The average molecular weight is 335 g/mol. The predicted molar refractivity (Wildman–Crippen MR) is 88.4 cm³/mol. The topological polar surface area (TPSA) is 89.3 Å². The average Bonchev–Trinajstić information content (AvgIpc) is 2.28. The summed E-state index contributed by atoms with van der Waals surface area (Å²) >= 11 is 0. The van der Waals surface area contributed by atoms with Gasteiger partial charge in [0, 0.05) is 17.5 Å². The summed E-state index contributed by atoms with van der Waals surface area (Å²) in [5, 5.41) is 2.86. The highest BCUT2D eigenvalue weighted by atomic mass is 35.5. The van der Waals surface area contributed by atoms with Crippen LogP contribution in [0.4, 0.5) is 5.69 Å². The van der Waals surface area contributed by atoms with Crippen LogP contribution >= 0.6 is 12.4 Å². The lowest BCUT2D eigenvalue weighted by atomic mass is 10.0. The van der Waals surface area contributed by atoms with Crippen LogP contribution in [0.15, 0.2) is 24.3 Å². The number of amides is 1. The number of anilines is 1. The lowest BCUT2D eigenvalue weighted by Crippen LogP contribution is -2.45. The van der Waals surface area contributed by atoms with Gasteiger partial charge in [-0.2, -0.15) is 0 Å². The van der Waals surface area contributed by atoms with Crippen molar-refractivity contribution in [2.45, 2.75) is 32.2 Å². The number of carbonyl (C=O) groups is 1. The molecule has 0 unspecified atom stereocenters. The van der Waals surface area contributed by atoms with E-state index >= 15 is 0 Å². The summed E-state index contributed by atoms with van der Waals surface area (Å²) < 4.78 is 22.3. The van der Waals surface area contributed by atoms with Crippen molar-refractivity contribution in [3.05, 3.63) is 29.8 Å². The first-order valence-corrected chi connectivity index (χ1v) is 8.47. The molecule has 0 heterocycles. The monoisotopic (exact) mass is 334 g/mol. The van der Waals surface area contributed by atoms with E-state index in [2.05, 4.69) is 5.32 Å². The van der Waals surface area contributed by atoms with Crippen LogP contribution in [0.2, 0.25) is 0 Å². The van der Waals surface area contributed by atoms with E-state index in [1.807, 2.05) is 13.8 Å². The maximum atomic E-state index is 11.9. The number of halogens is 1. The number of hydrogen-bond acceptors (Lipinski definition) is 4. The Bertz CT molecular complexity index is 568. The van der Waals surface area contributed by atoms with Gasteiger partial charge in [-0.05, 0) is 38.0 Å². The molecule has 0 spiro atoms. The first kappa shape index (κ1) is 19.7. The standard InChI is InChI=1S/C14H22N2O3S.ClH/c1-14(2,8-9-20(3,18)19)16-13(17)10-11-4-6-12(15)7-5-11;/h4-7H,8-10,15H2,1-3H3,(H,16,17);1H. The Labute approximate surface area is 132 Å². The van der Waals surface area contributed by atoms with Crippen LogP contribution in [0.1, 0.15) is 25.8 Å². The van der Waals surface area contributed by atoms with E-state index in [9.17, 15) is 13.2 Å². The van der Waals surface area contributed by atoms with E-state index in [0.29, 0.717) is 12.1 Å². The zero-order valence-electron chi connectivity index (χ0n) is 12.5. The number of sulfone groups is 1. The maximum Gasteiger partial charge on any atom is 0.224 e. The molecule has 0 saturated carbocycles. The normalized spacial score (nSPS) is 11.6. The number of nitrogens with one attached hydrogen (secondary N) is 1. The quantitative estimate of drug-likeness (QED) is 0.773. The Kier molecular flexibility index (Phi) is 7.19. The van der Waals surface area contributed by atoms with Crippen molar-refractivity contribution >= 4 is 33.8 Å². The first-order valence-electron chi connectivity index (χ1n) is 6.41. The third kappa shape index (κ3) is 8.57. The highest BCUT2D eigenvalue weighted by Crippen LogP contribution is 2.11. The Balaban J connectivity index is 0.00000400. The summed E-state index contributed by atoms with van der Waals surface area (Å²) in [7, 11) is -3.02. The molecule has 0 aliphatic carbocycles. The van der Waals surface area contributed by atoms with Crippen LogP contribution in [-0.2, 0) is 21.1 Å². The Morgan fingerprint density at radius 1 is 1.24 bits per heavy atom. The number of rotatable bonds is 6. The minimum atomic E-state index is -3.02. The molecule has 1 amide bonds. The molecule has 0 bridgehead atoms. The van der Waals surface area contributed by atoms with Gasteiger partial charge in [-0.3, -0.25) is 4.79 Å². The van der Waals surface area contributed by atoms with Crippen molar-refractivity contribution in [2.75, 3.05) is 17.7 Å². The molecule has 7 heteroatoms. The molecule has 0 aromatic heterocycles. The summed E-state index contributed by atoms with van der Waals surface area (Å²) in [6.45, 7) is 3.64. The zero-order chi connectivity index (χ0) is 15.4. The van der Waals surface area contributed by atoms with Crippen LogP contribution in [0.25, 0.3) is 0 Å². The van der Waals surface area contributed by atoms with Gasteiger partial charge in [0.2, 0.25) is 5.91 Å². The SMILES string of the molecule is CC(C)(CCS(C)(=O)=O)NC(=O)Cc1ccc(N)cc1.Cl. The molecule has 0 aliphatic heterocycles. The van der Waals surface area contributed by atoms with Gasteiger partial charge in [0.1, 0.15) is 9.84 Å². The molecular weight excluding hydrogens is 312 g/mol. The molecule has 0 aliphatic rings. The fraction of sp³-hybridized carbons (Fsp3) is 0.500. The molecule has 3 N–H and O–H groups in total. The minimum absolute atomic E-state index is 0. The van der Waals surface area contributed by atoms with Gasteiger partial charge in [0.15, 0.2) is 0 Å². The highest BCUT2D eigenvalue weighted by molar-refractivity contribution is 7.90. The number of nitrogens with two attached hydrogens (primary N) is 1. The Morgan fingerprint density at radius 3 is 2.24 bits per heavy atom. The van der Waals surface area contributed by atoms with Crippen LogP contribution < -0.4 is 11.1 Å². The summed E-state index contributed by atoms with van der Waals surface area (Å²) in [5.74, 6) is -0.0735. The third-order valence-corrected chi connectivity index (χ3v) is 3.87.